The summed E-state index contributed by atoms with van der Waals surface area (Å²) in [6, 6.07) is 0. The molecule has 1 amide bonds. The molecule has 8 nitrogen and oxygen atoms in total. The normalized spacial score (nSPS) is 17.1. The third-order valence-corrected chi connectivity index (χ3v) is 3.02. The number of imidazole rings is 1. The highest BCUT2D eigenvalue weighted by Gasteiger charge is 2.30. The van der Waals surface area contributed by atoms with Gasteiger partial charge in [-0.15, -0.1) is 0 Å². The van der Waals surface area contributed by atoms with E-state index in [4.69, 9.17) is 4.74 Å². The average molecular weight is 260 g/mol. The summed E-state index contributed by atoms with van der Waals surface area (Å²) in [6.07, 6.45) is 2.90. The first-order chi connectivity index (χ1) is 9.20. The second-order valence-corrected chi connectivity index (χ2v) is 4.15. The number of nitrogens with zero attached hydrogens (tertiary/aromatic N) is 5. The van der Waals surface area contributed by atoms with Gasteiger partial charge >= 0.3 is 0 Å². The van der Waals surface area contributed by atoms with Crippen molar-refractivity contribution in [1.29, 1.82) is 0 Å². The standard InChI is InChI=1S/C11H12N6O2/c1-6(19-2)7-3-8(18)17(16-7)11-9-10(13-4-12-9)14-5-15-11/h4-6H,3H2,1-2H3,(H,12,13,14,15). The molecule has 1 aliphatic rings. The maximum atomic E-state index is 12.0. The first-order valence-electron chi connectivity index (χ1n) is 5.78. The number of hydrogen-bond acceptors (Lipinski definition) is 6. The minimum Gasteiger partial charge on any atom is -0.376 e. The van der Waals surface area contributed by atoms with Crippen LogP contribution in [0.15, 0.2) is 17.8 Å². The Morgan fingerprint density at radius 1 is 1.42 bits per heavy atom. The number of carbonyl (C=O) groups excluding carboxylic acids is 1. The van der Waals surface area contributed by atoms with Crippen molar-refractivity contribution < 1.29 is 9.53 Å². The molecule has 1 atom stereocenters. The Morgan fingerprint density at radius 3 is 3.05 bits per heavy atom. The van der Waals surface area contributed by atoms with Gasteiger partial charge in [-0.05, 0) is 6.92 Å². The minimum atomic E-state index is -0.201. The first-order valence-corrected chi connectivity index (χ1v) is 5.78. The Hall–Kier alpha value is -2.35. The molecular formula is C11H12N6O2. The number of hydrogen-bond donors (Lipinski definition) is 1. The van der Waals surface area contributed by atoms with Crippen molar-refractivity contribution in [2.75, 3.05) is 12.1 Å². The Bertz CT molecular complexity index is 664. The Morgan fingerprint density at radius 2 is 2.26 bits per heavy atom. The van der Waals surface area contributed by atoms with E-state index in [2.05, 4.69) is 25.0 Å². The summed E-state index contributed by atoms with van der Waals surface area (Å²) in [5.74, 6) is 0.263. The summed E-state index contributed by atoms with van der Waals surface area (Å²) >= 11 is 0. The second kappa shape index (κ2) is 4.39. The largest absolute Gasteiger partial charge is 0.376 e. The maximum Gasteiger partial charge on any atom is 0.254 e. The van der Waals surface area contributed by atoms with E-state index in [1.165, 1.54) is 17.7 Å². The van der Waals surface area contributed by atoms with Crippen LogP contribution in [0, 0.1) is 0 Å². The Balaban J connectivity index is 2.04. The van der Waals surface area contributed by atoms with E-state index in [9.17, 15) is 4.79 Å². The molecule has 0 saturated carbocycles. The lowest BCUT2D eigenvalue weighted by molar-refractivity contribution is -0.117. The van der Waals surface area contributed by atoms with Gasteiger partial charge in [-0.3, -0.25) is 4.79 Å². The van der Waals surface area contributed by atoms with Gasteiger partial charge < -0.3 is 9.72 Å². The highest BCUT2D eigenvalue weighted by atomic mass is 16.5. The minimum absolute atomic E-state index is 0.145. The van der Waals surface area contributed by atoms with E-state index < -0.39 is 0 Å². The fraction of sp³-hybridized carbons (Fsp3) is 0.364. The Kier molecular flexibility index (Phi) is 2.71. The summed E-state index contributed by atoms with van der Waals surface area (Å²) < 4.78 is 5.18. The van der Waals surface area contributed by atoms with E-state index in [-0.39, 0.29) is 18.4 Å². The van der Waals surface area contributed by atoms with E-state index in [0.29, 0.717) is 22.7 Å². The molecular weight excluding hydrogens is 248 g/mol. The summed E-state index contributed by atoms with van der Waals surface area (Å²) in [5, 5.41) is 5.55. The van der Waals surface area contributed by atoms with E-state index in [1.54, 1.807) is 7.11 Å². The monoisotopic (exact) mass is 260 g/mol. The van der Waals surface area contributed by atoms with Crippen molar-refractivity contribution in [3.05, 3.63) is 12.7 Å². The number of fused-ring (bicyclic) bond motifs is 1. The number of ether oxygens (including phenoxy) is 1. The smallest absolute Gasteiger partial charge is 0.254 e. The van der Waals surface area contributed by atoms with Gasteiger partial charge in [-0.2, -0.15) is 10.1 Å². The predicted octanol–water partition coefficient (Wildman–Crippen LogP) is 0.480. The lowest BCUT2D eigenvalue weighted by atomic mass is 10.2. The number of rotatable bonds is 3. The third-order valence-electron chi connectivity index (χ3n) is 3.02. The fourth-order valence-corrected chi connectivity index (χ4v) is 1.89. The van der Waals surface area contributed by atoms with Crippen LogP contribution < -0.4 is 5.01 Å². The van der Waals surface area contributed by atoms with Gasteiger partial charge in [0.25, 0.3) is 5.91 Å². The van der Waals surface area contributed by atoms with E-state index >= 15 is 0 Å². The van der Waals surface area contributed by atoms with Crippen molar-refractivity contribution in [3.63, 3.8) is 0 Å². The summed E-state index contributed by atoms with van der Waals surface area (Å²) in [4.78, 5) is 27.1. The van der Waals surface area contributed by atoms with Crippen LogP contribution in [0.3, 0.4) is 0 Å². The molecule has 2 aromatic heterocycles. The number of carbonyl (C=O) groups is 1. The predicted molar refractivity (Wildman–Crippen MR) is 67.7 cm³/mol. The second-order valence-electron chi connectivity index (χ2n) is 4.15. The van der Waals surface area contributed by atoms with Gasteiger partial charge in [0, 0.05) is 7.11 Å². The van der Waals surface area contributed by atoms with Crippen molar-refractivity contribution in [2.24, 2.45) is 5.10 Å². The number of anilines is 1. The quantitative estimate of drug-likeness (QED) is 0.865. The van der Waals surface area contributed by atoms with Crippen LogP contribution in [0.1, 0.15) is 13.3 Å². The molecule has 3 rings (SSSR count). The van der Waals surface area contributed by atoms with Crippen molar-refractivity contribution in [1.82, 2.24) is 19.9 Å². The van der Waals surface area contributed by atoms with Crippen LogP contribution in [-0.2, 0) is 9.53 Å². The molecule has 1 unspecified atom stereocenters. The van der Waals surface area contributed by atoms with E-state index in [0.717, 1.165) is 0 Å². The number of methoxy groups -OCH3 is 1. The highest BCUT2D eigenvalue weighted by molar-refractivity contribution is 6.15. The van der Waals surface area contributed by atoms with Crippen molar-refractivity contribution in [2.45, 2.75) is 19.4 Å². The summed E-state index contributed by atoms with van der Waals surface area (Å²) in [5.41, 5.74) is 1.77. The first kappa shape index (κ1) is 11.7. The average Bonchev–Trinajstić information content (AvgIpc) is 3.03. The molecule has 3 heterocycles. The molecule has 0 aliphatic carbocycles. The van der Waals surface area contributed by atoms with Crippen molar-refractivity contribution >= 4 is 28.6 Å². The third kappa shape index (κ3) is 1.85. The SMILES string of the molecule is COC(C)C1=NN(c2ncnc3nc[nH]c23)C(=O)C1. The van der Waals surface area contributed by atoms with Gasteiger partial charge in [0.05, 0.1) is 24.6 Å². The molecule has 8 heteroatoms. The zero-order valence-corrected chi connectivity index (χ0v) is 10.5. The fourth-order valence-electron chi connectivity index (χ4n) is 1.89. The van der Waals surface area contributed by atoms with Gasteiger partial charge in [0.15, 0.2) is 11.5 Å². The topological polar surface area (TPSA) is 96.4 Å². The number of amides is 1. The maximum absolute atomic E-state index is 12.0. The van der Waals surface area contributed by atoms with Gasteiger partial charge in [0.2, 0.25) is 0 Å². The van der Waals surface area contributed by atoms with Crippen LogP contribution in [0.4, 0.5) is 5.82 Å². The number of H-pyrrole nitrogens is 1. The molecule has 0 spiro atoms. The molecule has 0 bridgehead atoms. The van der Waals surface area contributed by atoms with Crippen molar-refractivity contribution in [3.8, 4) is 0 Å². The van der Waals surface area contributed by atoms with E-state index in [1.807, 2.05) is 6.92 Å². The van der Waals surface area contributed by atoms with Gasteiger partial charge in [-0.25, -0.2) is 15.0 Å². The van der Waals surface area contributed by atoms with Crippen LogP contribution >= 0.6 is 0 Å². The number of aromatic nitrogens is 4. The lowest BCUT2D eigenvalue weighted by Gasteiger charge is -2.10. The Labute approximate surface area is 108 Å². The molecule has 0 aromatic carbocycles. The zero-order valence-electron chi connectivity index (χ0n) is 10.5. The lowest BCUT2D eigenvalue weighted by Crippen LogP contribution is -2.21. The molecule has 1 aliphatic heterocycles. The highest BCUT2D eigenvalue weighted by Crippen LogP contribution is 2.24. The van der Waals surface area contributed by atoms with Crippen LogP contribution in [0.5, 0.6) is 0 Å². The molecule has 19 heavy (non-hydrogen) atoms. The molecule has 0 saturated heterocycles. The summed E-state index contributed by atoms with van der Waals surface area (Å²) in [6.45, 7) is 1.85. The molecule has 2 aromatic rings. The zero-order chi connectivity index (χ0) is 13.4. The molecule has 0 fully saturated rings. The number of hydrazone groups is 1. The molecule has 98 valence electrons. The number of nitrogens with one attached hydrogen (secondary N) is 1. The number of aromatic amines is 1. The van der Waals surface area contributed by atoms with Crippen LogP contribution in [-0.4, -0.2) is 44.8 Å². The van der Waals surface area contributed by atoms with Gasteiger partial charge in [-0.1, -0.05) is 0 Å². The molecule has 0 radical (unpaired) electrons. The van der Waals surface area contributed by atoms with Gasteiger partial charge in [0.1, 0.15) is 11.8 Å². The van der Waals surface area contributed by atoms with Crippen LogP contribution in [0.2, 0.25) is 0 Å². The summed E-state index contributed by atoms with van der Waals surface area (Å²) in [7, 11) is 1.58. The molecule has 1 N–H and O–H groups in total. The van der Waals surface area contributed by atoms with Crippen LogP contribution in [0.25, 0.3) is 11.2 Å².